The lowest BCUT2D eigenvalue weighted by Crippen LogP contribution is -2.21. The van der Waals surface area contributed by atoms with E-state index in [1.54, 1.807) is 13.0 Å². The third kappa shape index (κ3) is 3.89. The van der Waals surface area contributed by atoms with Gasteiger partial charge < -0.3 is 15.0 Å². The molecule has 0 aliphatic heterocycles. The summed E-state index contributed by atoms with van der Waals surface area (Å²) in [6.07, 6.45) is 4.31. The smallest absolute Gasteiger partial charge is 0.338 e. The van der Waals surface area contributed by atoms with Crippen LogP contribution in [0.5, 0.6) is 0 Å². The minimum absolute atomic E-state index is 0.0562. The summed E-state index contributed by atoms with van der Waals surface area (Å²) in [6.45, 7) is 1.21. The van der Waals surface area contributed by atoms with Crippen molar-refractivity contribution in [3.63, 3.8) is 0 Å². The van der Waals surface area contributed by atoms with Crippen LogP contribution in [-0.2, 0) is 22.4 Å². The maximum atomic E-state index is 12.4. The van der Waals surface area contributed by atoms with Crippen molar-refractivity contribution in [2.45, 2.75) is 32.6 Å². The van der Waals surface area contributed by atoms with Crippen LogP contribution in [-0.4, -0.2) is 28.4 Å². The van der Waals surface area contributed by atoms with Crippen LogP contribution < -0.4 is 5.32 Å². The van der Waals surface area contributed by atoms with E-state index in [0.29, 0.717) is 16.8 Å². The number of ether oxygens (including phenoxy) is 1. The number of aromatic amines is 1. The van der Waals surface area contributed by atoms with Gasteiger partial charge in [-0.2, -0.15) is 0 Å². The topological polar surface area (TPSA) is 114 Å². The molecule has 0 atom stereocenters. The molecule has 0 radical (unpaired) electrons. The Morgan fingerprint density at radius 3 is 2.73 bits per heavy atom. The number of anilines is 1. The molecule has 0 spiro atoms. The van der Waals surface area contributed by atoms with Crippen LogP contribution >= 0.6 is 0 Å². The van der Waals surface area contributed by atoms with Gasteiger partial charge in [-0.05, 0) is 68.0 Å². The number of esters is 1. The number of nitro benzene ring substituents is 1. The molecule has 1 aromatic heterocycles. The Bertz CT molecular complexity index is 1170. The summed E-state index contributed by atoms with van der Waals surface area (Å²) in [5.41, 5.74) is 4.82. The first-order valence-corrected chi connectivity index (χ1v) is 9.78. The molecule has 154 valence electrons. The van der Waals surface area contributed by atoms with Crippen molar-refractivity contribution >= 4 is 34.2 Å². The highest BCUT2D eigenvalue weighted by atomic mass is 16.6. The molecule has 0 fully saturated rings. The summed E-state index contributed by atoms with van der Waals surface area (Å²) < 4.78 is 5.16. The zero-order valence-electron chi connectivity index (χ0n) is 16.5. The monoisotopic (exact) mass is 407 g/mol. The van der Waals surface area contributed by atoms with E-state index in [9.17, 15) is 19.7 Å². The summed E-state index contributed by atoms with van der Waals surface area (Å²) >= 11 is 0. The van der Waals surface area contributed by atoms with Crippen LogP contribution in [0.15, 0.2) is 36.4 Å². The number of H-pyrrole nitrogens is 1. The second kappa shape index (κ2) is 7.98. The number of nitro groups is 1. The molecule has 2 aromatic carbocycles. The van der Waals surface area contributed by atoms with Crippen molar-refractivity contribution < 1.29 is 19.2 Å². The average Bonchev–Trinajstić information content (AvgIpc) is 3.11. The van der Waals surface area contributed by atoms with E-state index < -0.39 is 23.4 Å². The Hall–Kier alpha value is -3.68. The predicted molar refractivity (Wildman–Crippen MR) is 112 cm³/mol. The number of hydrogen-bond donors (Lipinski definition) is 2. The molecular weight excluding hydrogens is 386 g/mol. The van der Waals surface area contributed by atoms with Gasteiger partial charge >= 0.3 is 5.97 Å². The lowest BCUT2D eigenvalue weighted by Gasteiger charge is -2.11. The summed E-state index contributed by atoms with van der Waals surface area (Å²) in [4.78, 5) is 38.3. The minimum atomic E-state index is -0.571. The van der Waals surface area contributed by atoms with Crippen LogP contribution in [0.25, 0.3) is 10.9 Å². The molecule has 1 aliphatic carbocycles. The van der Waals surface area contributed by atoms with Gasteiger partial charge in [0.15, 0.2) is 6.61 Å². The van der Waals surface area contributed by atoms with Crippen molar-refractivity contribution in [2.75, 3.05) is 11.9 Å². The Morgan fingerprint density at radius 1 is 1.17 bits per heavy atom. The van der Waals surface area contributed by atoms with E-state index in [-0.39, 0.29) is 5.69 Å². The van der Waals surface area contributed by atoms with Crippen LogP contribution in [0.4, 0.5) is 11.4 Å². The van der Waals surface area contributed by atoms with Gasteiger partial charge in [0, 0.05) is 34.4 Å². The maximum absolute atomic E-state index is 12.4. The average molecular weight is 407 g/mol. The molecule has 0 unspecified atom stereocenters. The summed E-state index contributed by atoms with van der Waals surface area (Å²) in [5, 5.41) is 14.4. The van der Waals surface area contributed by atoms with Crippen LogP contribution in [0.3, 0.4) is 0 Å². The van der Waals surface area contributed by atoms with Crippen molar-refractivity contribution in [3.8, 4) is 0 Å². The number of hydrogen-bond acceptors (Lipinski definition) is 5. The molecule has 1 heterocycles. The third-order valence-electron chi connectivity index (χ3n) is 5.36. The van der Waals surface area contributed by atoms with E-state index in [0.717, 1.165) is 36.6 Å². The second-order valence-electron chi connectivity index (χ2n) is 7.43. The number of nitrogens with one attached hydrogen (secondary N) is 2. The number of rotatable bonds is 5. The minimum Gasteiger partial charge on any atom is -0.452 e. The number of carbonyl (C=O) groups is 2. The molecule has 8 heteroatoms. The van der Waals surface area contributed by atoms with Crippen molar-refractivity contribution in [1.82, 2.24) is 4.98 Å². The lowest BCUT2D eigenvalue weighted by atomic mass is 9.95. The molecule has 1 amide bonds. The van der Waals surface area contributed by atoms with Gasteiger partial charge in [0.2, 0.25) is 0 Å². The molecule has 1 aliphatic rings. The fourth-order valence-corrected chi connectivity index (χ4v) is 3.84. The van der Waals surface area contributed by atoms with Gasteiger partial charge in [-0.15, -0.1) is 0 Å². The number of aromatic nitrogens is 1. The molecule has 2 N–H and O–H groups in total. The molecule has 30 heavy (non-hydrogen) atoms. The third-order valence-corrected chi connectivity index (χ3v) is 5.36. The van der Waals surface area contributed by atoms with E-state index in [2.05, 4.69) is 10.3 Å². The van der Waals surface area contributed by atoms with Crippen molar-refractivity contribution in [2.24, 2.45) is 0 Å². The van der Waals surface area contributed by atoms with Gasteiger partial charge in [-0.1, -0.05) is 0 Å². The Labute approximate surface area is 172 Å². The molecule has 0 saturated carbocycles. The first-order valence-electron chi connectivity index (χ1n) is 9.78. The number of amides is 1. The number of carbonyl (C=O) groups excluding carboxylic acids is 2. The van der Waals surface area contributed by atoms with Crippen LogP contribution in [0.1, 0.15) is 40.0 Å². The highest BCUT2D eigenvalue weighted by Crippen LogP contribution is 2.30. The highest BCUT2D eigenvalue weighted by Gasteiger charge is 2.18. The van der Waals surface area contributed by atoms with Crippen molar-refractivity contribution in [1.29, 1.82) is 0 Å². The molecule has 0 saturated heterocycles. The Kier molecular flexibility index (Phi) is 5.22. The highest BCUT2D eigenvalue weighted by molar-refractivity contribution is 5.98. The Balaban J connectivity index is 1.41. The maximum Gasteiger partial charge on any atom is 0.338 e. The number of nitrogens with zero attached hydrogens (tertiary/aromatic N) is 1. The van der Waals surface area contributed by atoms with Gasteiger partial charge in [-0.3, -0.25) is 14.9 Å². The first-order chi connectivity index (χ1) is 14.4. The molecule has 3 aromatic rings. The second-order valence-corrected chi connectivity index (χ2v) is 7.43. The lowest BCUT2D eigenvalue weighted by molar-refractivity contribution is -0.384. The summed E-state index contributed by atoms with van der Waals surface area (Å²) in [5.74, 6) is -1.08. The van der Waals surface area contributed by atoms with E-state index in [1.165, 1.54) is 29.5 Å². The van der Waals surface area contributed by atoms with Crippen molar-refractivity contribution in [3.05, 3.63) is 68.9 Å². The predicted octanol–water partition coefficient (Wildman–Crippen LogP) is 4.06. The first kappa shape index (κ1) is 19.6. The normalized spacial score (nSPS) is 13.0. The fraction of sp³-hybridized carbons (Fsp3) is 0.273. The summed E-state index contributed by atoms with van der Waals surface area (Å²) in [6, 6.07) is 9.50. The summed E-state index contributed by atoms with van der Waals surface area (Å²) in [7, 11) is 0. The zero-order chi connectivity index (χ0) is 21.3. The number of fused-ring (bicyclic) bond motifs is 3. The zero-order valence-corrected chi connectivity index (χ0v) is 16.5. The largest absolute Gasteiger partial charge is 0.452 e. The van der Waals surface area contributed by atoms with Gasteiger partial charge in [0.1, 0.15) is 0 Å². The number of aryl methyl sites for hydroxylation is 3. The number of non-ortho nitro benzene ring substituents is 1. The molecule has 8 nitrogen and oxygen atoms in total. The Morgan fingerprint density at radius 2 is 1.97 bits per heavy atom. The van der Waals surface area contributed by atoms with Crippen LogP contribution in [0.2, 0.25) is 0 Å². The standard InChI is InChI=1S/C22H21N3O5/c1-13-10-15(25(28)29)7-9-18(13)24-21(26)12-30-22(27)14-6-8-20-17(11-14)16-4-2-3-5-19(16)23-20/h6-11,23H,2-5,12H2,1H3,(H,24,26). The molecule has 4 rings (SSSR count). The SMILES string of the molecule is Cc1cc([N+](=O)[O-])ccc1NC(=O)COC(=O)c1ccc2[nH]c3c(c2c1)CCCC3. The quantitative estimate of drug-likeness (QED) is 0.376. The molecule has 0 bridgehead atoms. The van der Waals surface area contributed by atoms with Crippen LogP contribution in [0, 0.1) is 17.0 Å². The molecular formula is C22H21N3O5. The van der Waals surface area contributed by atoms with E-state index in [1.807, 2.05) is 12.1 Å². The van der Waals surface area contributed by atoms with E-state index >= 15 is 0 Å². The van der Waals surface area contributed by atoms with Gasteiger partial charge in [0.25, 0.3) is 11.6 Å². The number of benzene rings is 2. The van der Waals surface area contributed by atoms with E-state index in [4.69, 9.17) is 4.74 Å². The fourth-order valence-electron chi connectivity index (χ4n) is 3.84. The van der Waals surface area contributed by atoms with Gasteiger partial charge in [0.05, 0.1) is 10.5 Å². The van der Waals surface area contributed by atoms with Gasteiger partial charge in [-0.25, -0.2) is 4.79 Å².